The summed E-state index contributed by atoms with van der Waals surface area (Å²) in [5.74, 6) is -0.348. The lowest BCUT2D eigenvalue weighted by molar-refractivity contribution is 0.0526. The Morgan fingerprint density at radius 1 is 1.00 bits per heavy atom. The Hall–Kier alpha value is -3.51. The molecule has 0 unspecified atom stereocenters. The van der Waals surface area contributed by atoms with Gasteiger partial charge in [0, 0.05) is 27.0 Å². The Morgan fingerprint density at radius 2 is 1.77 bits per heavy atom. The maximum Gasteiger partial charge on any atom is 0.338 e. The van der Waals surface area contributed by atoms with Gasteiger partial charge < -0.3 is 4.74 Å². The van der Waals surface area contributed by atoms with E-state index in [1.165, 1.54) is 0 Å². The fraction of sp³-hybridized carbons (Fsp3) is 0.0800. The van der Waals surface area contributed by atoms with Crippen LogP contribution in [0.3, 0.4) is 0 Å². The van der Waals surface area contributed by atoms with Crippen molar-refractivity contribution in [3.05, 3.63) is 89.0 Å². The summed E-state index contributed by atoms with van der Waals surface area (Å²) >= 11 is 3.50. The number of rotatable bonds is 4. The van der Waals surface area contributed by atoms with Crippen LogP contribution in [0.1, 0.15) is 17.3 Å². The van der Waals surface area contributed by atoms with Gasteiger partial charge in [-0.2, -0.15) is 5.10 Å². The van der Waals surface area contributed by atoms with Crippen LogP contribution in [0.5, 0.6) is 0 Å². The molecule has 6 heteroatoms. The number of esters is 1. The third kappa shape index (κ3) is 3.49. The molecule has 5 aromatic rings. The molecule has 0 saturated heterocycles. The van der Waals surface area contributed by atoms with Crippen molar-refractivity contribution in [2.75, 3.05) is 6.61 Å². The normalized spacial score (nSPS) is 11.2. The largest absolute Gasteiger partial charge is 0.462 e. The number of pyridine rings is 1. The smallest absolute Gasteiger partial charge is 0.338 e. The molecule has 0 bridgehead atoms. The number of fused-ring (bicyclic) bond motifs is 3. The summed E-state index contributed by atoms with van der Waals surface area (Å²) < 4.78 is 8.12. The van der Waals surface area contributed by atoms with Crippen molar-refractivity contribution >= 4 is 43.7 Å². The first-order valence-corrected chi connectivity index (χ1v) is 10.7. The van der Waals surface area contributed by atoms with E-state index in [0.29, 0.717) is 12.2 Å². The van der Waals surface area contributed by atoms with Crippen LogP contribution >= 0.6 is 15.9 Å². The second kappa shape index (κ2) is 7.96. The molecule has 2 aromatic heterocycles. The second-order valence-corrected chi connectivity index (χ2v) is 7.99. The van der Waals surface area contributed by atoms with Crippen molar-refractivity contribution in [1.29, 1.82) is 0 Å². The summed E-state index contributed by atoms with van der Waals surface area (Å²) in [6.45, 7) is 2.13. The Bertz CT molecular complexity index is 1410. The standard InChI is InChI=1S/C25H18BrN3O2/c1-2-31-25(30)17-8-13-22-20(14-17)24-21(15-27-22)23(16-6-4-3-5-7-16)28-29(24)19-11-9-18(26)10-12-19/h3-15H,2H2,1H3. The molecule has 31 heavy (non-hydrogen) atoms. The van der Waals surface area contributed by atoms with Gasteiger partial charge in [0.25, 0.3) is 0 Å². The van der Waals surface area contributed by atoms with Crippen molar-refractivity contribution < 1.29 is 9.53 Å². The predicted molar refractivity (Wildman–Crippen MR) is 125 cm³/mol. The zero-order valence-electron chi connectivity index (χ0n) is 16.7. The first-order valence-electron chi connectivity index (χ1n) is 9.95. The van der Waals surface area contributed by atoms with E-state index in [1.807, 2.05) is 77.6 Å². The quantitative estimate of drug-likeness (QED) is 0.293. The van der Waals surface area contributed by atoms with Crippen LogP contribution < -0.4 is 0 Å². The van der Waals surface area contributed by atoms with Gasteiger partial charge in [0.2, 0.25) is 0 Å². The summed E-state index contributed by atoms with van der Waals surface area (Å²) in [6.07, 6.45) is 1.85. The monoisotopic (exact) mass is 471 g/mol. The molecule has 0 spiro atoms. The maximum absolute atomic E-state index is 12.4. The van der Waals surface area contributed by atoms with Gasteiger partial charge in [0.05, 0.1) is 28.9 Å². The van der Waals surface area contributed by atoms with Gasteiger partial charge in [-0.1, -0.05) is 46.3 Å². The van der Waals surface area contributed by atoms with Crippen LogP contribution in [0.2, 0.25) is 0 Å². The predicted octanol–water partition coefficient (Wildman–Crippen LogP) is 6.18. The molecule has 3 aromatic carbocycles. The minimum Gasteiger partial charge on any atom is -0.462 e. The van der Waals surface area contributed by atoms with Crippen molar-refractivity contribution in [2.45, 2.75) is 6.92 Å². The minimum atomic E-state index is -0.348. The molecule has 0 radical (unpaired) electrons. The fourth-order valence-electron chi connectivity index (χ4n) is 3.70. The van der Waals surface area contributed by atoms with E-state index >= 15 is 0 Å². The number of nitrogens with zero attached hydrogens (tertiary/aromatic N) is 3. The molecule has 0 atom stereocenters. The number of carbonyl (C=O) groups excluding carboxylic acids is 1. The molecule has 0 amide bonds. The topological polar surface area (TPSA) is 57.0 Å². The molecule has 0 fully saturated rings. The highest BCUT2D eigenvalue weighted by Crippen LogP contribution is 2.34. The summed E-state index contributed by atoms with van der Waals surface area (Å²) in [6, 6.07) is 23.5. The van der Waals surface area contributed by atoms with Crippen molar-refractivity contribution in [3.8, 4) is 16.9 Å². The first-order chi connectivity index (χ1) is 15.2. The van der Waals surface area contributed by atoms with Gasteiger partial charge in [-0.15, -0.1) is 0 Å². The van der Waals surface area contributed by atoms with Crippen molar-refractivity contribution in [2.24, 2.45) is 0 Å². The van der Waals surface area contributed by atoms with Gasteiger partial charge in [0.15, 0.2) is 0 Å². The number of benzene rings is 3. The van der Waals surface area contributed by atoms with E-state index in [1.54, 1.807) is 13.0 Å². The van der Waals surface area contributed by atoms with Gasteiger partial charge >= 0.3 is 5.97 Å². The van der Waals surface area contributed by atoms with Crippen molar-refractivity contribution in [1.82, 2.24) is 14.8 Å². The molecule has 0 aliphatic carbocycles. The van der Waals surface area contributed by atoms with Crippen LogP contribution in [-0.2, 0) is 4.74 Å². The molecule has 0 saturated carbocycles. The number of ether oxygens (including phenoxy) is 1. The summed E-state index contributed by atoms with van der Waals surface area (Å²) in [5, 5.41) is 6.73. The van der Waals surface area contributed by atoms with Gasteiger partial charge in [-0.25, -0.2) is 9.48 Å². The highest BCUT2D eigenvalue weighted by Gasteiger charge is 2.18. The molecular formula is C25H18BrN3O2. The van der Waals surface area contributed by atoms with Crippen LogP contribution in [0.15, 0.2) is 83.5 Å². The molecule has 0 aliphatic heterocycles. The number of hydrogen-bond donors (Lipinski definition) is 0. The second-order valence-electron chi connectivity index (χ2n) is 7.08. The lowest BCUT2D eigenvalue weighted by Gasteiger charge is -2.08. The van der Waals surface area contributed by atoms with E-state index in [2.05, 4.69) is 20.9 Å². The third-order valence-electron chi connectivity index (χ3n) is 5.14. The summed E-state index contributed by atoms with van der Waals surface area (Å²) in [7, 11) is 0. The third-order valence-corrected chi connectivity index (χ3v) is 5.66. The molecule has 2 heterocycles. The zero-order chi connectivity index (χ0) is 21.4. The van der Waals surface area contributed by atoms with Gasteiger partial charge in [0.1, 0.15) is 5.69 Å². The van der Waals surface area contributed by atoms with E-state index in [9.17, 15) is 4.79 Å². The Labute approximate surface area is 187 Å². The lowest BCUT2D eigenvalue weighted by atomic mass is 10.1. The van der Waals surface area contributed by atoms with Crippen LogP contribution in [-0.4, -0.2) is 27.3 Å². The van der Waals surface area contributed by atoms with Crippen LogP contribution in [0, 0.1) is 0 Å². The molecule has 0 aliphatic rings. The molecule has 5 rings (SSSR count). The average molecular weight is 472 g/mol. The molecule has 0 N–H and O–H groups in total. The molecule has 152 valence electrons. The van der Waals surface area contributed by atoms with E-state index in [4.69, 9.17) is 9.84 Å². The van der Waals surface area contributed by atoms with Gasteiger partial charge in [-0.05, 0) is 49.4 Å². The zero-order valence-corrected chi connectivity index (χ0v) is 18.3. The van der Waals surface area contributed by atoms with E-state index in [-0.39, 0.29) is 5.97 Å². The highest BCUT2D eigenvalue weighted by atomic mass is 79.9. The molecule has 5 nitrogen and oxygen atoms in total. The Balaban J connectivity index is 1.85. The van der Waals surface area contributed by atoms with Crippen LogP contribution in [0.4, 0.5) is 0 Å². The SMILES string of the molecule is CCOC(=O)c1ccc2ncc3c(-c4ccccc4)nn(-c4ccc(Br)cc4)c3c2c1. The summed E-state index contributed by atoms with van der Waals surface area (Å²) in [4.78, 5) is 17.0. The fourth-order valence-corrected chi connectivity index (χ4v) is 3.97. The minimum absolute atomic E-state index is 0.328. The highest BCUT2D eigenvalue weighted by molar-refractivity contribution is 9.10. The Morgan fingerprint density at radius 3 is 2.52 bits per heavy atom. The van der Waals surface area contributed by atoms with Crippen molar-refractivity contribution in [3.63, 3.8) is 0 Å². The van der Waals surface area contributed by atoms with E-state index in [0.717, 1.165) is 43.2 Å². The number of carbonyl (C=O) groups is 1. The molecular weight excluding hydrogens is 454 g/mol. The lowest BCUT2D eigenvalue weighted by Crippen LogP contribution is -2.04. The maximum atomic E-state index is 12.4. The van der Waals surface area contributed by atoms with Gasteiger partial charge in [-0.3, -0.25) is 4.98 Å². The number of hydrogen-bond acceptors (Lipinski definition) is 4. The Kier molecular flexibility index (Phi) is 5.00. The number of halogens is 1. The first kappa shape index (κ1) is 19.5. The van der Waals surface area contributed by atoms with E-state index < -0.39 is 0 Å². The van der Waals surface area contributed by atoms with Crippen LogP contribution in [0.25, 0.3) is 38.8 Å². The average Bonchev–Trinajstić information content (AvgIpc) is 3.20. The number of aromatic nitrogens is 3. The summed E-state index contributed by atoms with van der Waals surface area (Å²) in [5.41, 5.74) is 4.95.